The first-order valence-electron chi connectivity index (χ1n) is 8.97. The van der Waals surface area contributed by atoms with Crippen LogP contribution in [0.25, 0.3) is 0 Å². The Hall–Kier alpha value is -2.09. The third kappa shape index (κ3) is 6.82. The van der Waals surface area contributed by atoms with Crippen LogP contribution < -0.4 is 15.4 Å². The maximum atomic E-state index is 13.1. The number of anilines is 1. The van der Waals surface area contributed by atoms with E-state index in [1.807, 2.05) is 26.0 Å². The van der Waals surface area contributed by atoms with Gasteiger partial charge in [-0.1, -0.05) is 35.9 Å². The van der Waals surface area contributed by atoms with Crippen LogP contribution >= 0.6 is 12.4 Å². The summed E-state index contributed by atoms with van der Waals surface area (Å²) in [6, 6.07) is 15.5. The SMILES string of the molecule is Cc1ccc(N(CCC(=O)NCCC(C)N)S(=O)(=O)c2ccccc2)cc1.Cl. The van der Waals surface area contributed by atoms with E-state index in [2.05, 4.69) is 5.32 Å². The number of nitrogens with one attached hydrogen (secondary N) is 1. The van der Waals surface area contributed by atoms with E-state index in [4.69, 9.17) is 5.73 Å². The molecule has 0 saturated carbocycles. The van der Waals surface area contributed by atoms with Crippen molar-refractivity contribution in [3.63, 3.8) is 0 Å². The molecule has 28 heavy (non-hydrogen) atoms. The highest BCUT2D eigenvalue weighted by Gasteiger charge is 2.25. The van der Waals surface area contributed by atoms with Gasteiger partial charge in [0.2, 0.25) is 5.91 Å². The van der Waals surface area contributed by atoms with Crippen LogP contribution in [0.3, 0.4) is 0 Å². The Morgan fingerprint density at radius 1 is 1.11 bits per heavy atom. The third-order valence-corrected chi connectivity index (χ3v) is 5.96. The monoisotopic (exact) mass is 425 g/mol. The molecule has 1 atom stereocenters. The molecule has 2 aromatic rings. The predicted octanol–water partition coefficient (Wildman–Crippen LogP) is 2.86. The van der Waals surface area contributed by atoms with Gasteiger partial charge in [0.15, 0.2) is 0 Å². The lowest BCUT2D eigenvalue weighted by atomic mass is 10.2. The number of nitrogens with zero attached hydrogens (tertiary/aromatic N) is 1. The number of aryl methyl sites for hydroxylation is 1. The van der Waals surface area contributed by atoms with Gasteiger partial charge in [-0.05, 0) is 44.5 Å². The number of hydrogen-bond donors (Lipinski definition) is 2. The molecule has 0 aliphatic heterocycles. The molecule has 154 valence electrons. The first-order valence-corrected chi connectivity index (χ1v) is 10.4. The van der Waals surface area contributed by atoms with E-state index in [1.165, 1.54) is 4.31 Å². The van der Waals surface area contributed by atoms with Crippen LogP contribution in [0.15, 0.2) is 59.5 Å². The van der Waals surface area contributed by atoms with Gasteiger partial charge in [-0.3, -0.25) is 9.10 Å². The van der Waals surface area contributed by atoms with E-state index < -0.39 is 10.0 Å². The Morgan fingerprint density at radius 2 is 1.71 bits per heavy atom. The predicted molar refractivity (Wildman–Crippen MR) is 115 cm³/mol. The molecule has 0 aliphatic rings. The zero-order chi connectivity index (χ0) is 19.9. The minimum atomic E-state index is -3.76. The molecule has 6 nitrogen and oxygen atoms in total. The van der Waals surface area contributed by atoms with Gasteiger partial charge in [0.1, 0.15) is 0 Å². The largest absolute Gasteiger partial charge is 0.356 e. The summed E-state index contributed by atoms with van der Waals surface area (Å²) >= 11 is 0. The molecule has 0 aliphatic carbocycles. The van der Waals surface area contributed by atoms with E-state index in [-0.39, 0.29) is 42.2 Å². The van der Waals surface area contributed by atoms with Gasteiger partial charge in [-0.25, -0.2) is 8.42 Å². The second kappa shape index (κ2) is 11.0. The van der Waals surface area contributed by atoms with Crippen molar-refractivity contribution in [2.45, 2.75) is 37.6 Å². The molecule has 8 heteroatoms. The van der Waals surface area contributed by atoms with Crippen LogP contribution in [0.2, 0.25) is 0 Å². The molecule has 0 fully saturated rings. The highest BCUT2D eigenvalue weighted by molar-refractivity contribution is 7.92. The van der Waals surface area contributed by atoms with Crippen LogP contribution in [0, 0.1) is 6.92 Å². The van der Waals surface area contributed by atoms with Crippen molar-refractivity contribution in [3.8, 4) is 0 Å². The van der Waals surface area contributed by atoms with E-state index in [9.17, 15) is 13.2 Å². The van der Waals surface area contributed by atoms with E-state index in [0.717, 1.165) is 5.56 Å². The fourth-order valence-electron chi connectivity index (χ4n) is 2.55. The lowest BCUT2D eigenvalue weighted by Gasteiger charge is -2.24. The topological polar surface area (TPSA) is 92.5 Å². The molecular weight excluding hydrogens is 398 g/mol. The number of nitrogens with two attached hydrogens (primary N) is 1. The number of benzene rings is 2. The van der Waals surface area contributed by atoms with Crippen molar-refractivity contribution in [2.24, 2.45) is 5.73 Å². The van der Waals surface area contributed by atoms with E-state index >= 15 is 0 Å². The Labute approximate surface area is 173 Å². The summed E-state index contributed by atoms with van der Waals surface area (Å²) in [6.07, 6.45) is 0.745. The smallest absolute Gasteiger partial charge is 0.264 e. The van der Waals surface area contributed by atoms with Gasteiger partial charge in [0.25, 0.3) is 10.0 Å². The van der Waals surface area contributed by atoms with Crippen LogP contribution in [0.5, 0.6) is 0 Å². The Morgan fingerprint density at radius 3 is 2.29 bits per heavy atom. The lowest BCUT2D eigenvalue weighted by molar-refractivity contribution is -0.120. The summed E-state index contributed by atoms with van der Waals surface area (Å²) in [5.74, 6) is -0.198. The second-order valence-corrected chi connectivity index (χ2v) is 8.45. The lowest BCUT2D eigenvalue weighted by Crippen LogP contribution is -2.36. The number of hydrogen-bond acceptors (Lipinski definition) is 4. The van der Waals surface area contributed by atoms with Crippen LogP contribution in [0.4, 0.5) is 5.69 Å². The van der Waals surface area contributed by atoms with E-state index in [0.29, 0.717) is 18.7 Å². The molecular formula is C20H28ClN3O3S. The summed E-state index contributed by atoms with van der Waals surface area (Å²) in [5.41, 5.74) is 7.24. The van der Waals surface area contributed by atoms with Gasteiger partial charge >= 0.3 is 0 Å². The quantitative estimate of drug-likeness (QED) is 0.646. The van der Waals surface area contributed by atoms with Crippen molar-refractivity contribution in [2.75, 3.05) is 17.4 Å². The standard InChI is InChI=1S/C20H27N3O3S.ClH/c1-16-8-10-18(11-9-16)23(15-13-20(24)22-14-12-17(2)21)27(25,26)19-6-4-3-5-7-19;/h3-11,17H,12-15,21H2,1-2H3,(H,22,24);1H. The highest BCUT2D eigenvalue weighted by Crippen LogP contribution is 2.24. The molecule has 1 amide bonds. The second-order valence-electron chi connectivity index (χ2n) is 6.59. The molecule has 0 aromatic heterocycles. The average molecular weight is 426 g/mol. The Bertz CT molecular complexity index is 841. The van der Waals surface area contributed by atoms with Gasteiger partial charge in [0, 0.05) is 25.6 Å². The van der Waals surface area contributed by atoms with Crippen LogP contribution in [-0.2, 0) is 14.8 Å². The maximum Gasteiger partial charge on any atom is 0.264 e. The fraction of sp³-hybridized carbons (Fsp3) is 0.350. The van der Waals surface area contributed by atoms with Crippen molar-refractivity contribution in [1.29, 1.82) is 0 Å². The average Bonchev–Trinajstić information content (AvgIpc) is 2.63. The first-order chi connectivity index (χ1) is 12.8. The maximum absolute atomic E-state index is 13.1. The van der Waals surface area contributed by atoms with Crippen LogP contribution in [0.1, 0.15) is 25.3 Å². The number of carbonyl (C=O) groups excluding carboxylic acids is 1. The summed E-state index contributed by atoms with van der Waals surface area (Å²) in [4.78, 5) is 12.3. The fourth-order valence-corrected chi connectivity index (χ4v) is 4.04. The molecule has 0 radical (unpaired) electrons. The summed E-state index contributed by atoms with van der Waals surface area (Å²) in [5, 5.41) is 2.78. The van der Waals surface area contributed by atoms with Gasteiger partial charge in [-0.15, -0.1) is 12.4 Å². The molecule has 0 heterocycles. The minimum absolute atomic E-state index is 0. The Kier molecular flexibility index (Phi) is 9.45. The third-order valence-electron chi connectivity index (χ3n) is 4.12. The van der Waals surface area contributed by atoms with Crippen molar-refractivity contribution < 1.29 is 13.2 Å². The van der Waals surface area contributed by atoms with Gasteiger partial charge in [0.05, 0.1) is 10.6 Å². The van der Waals surface area contributed by atoms with Gasteiger partial charge < -0.3 is 11.1 Å². The highest BCUT2D eigenvalue weighted by atomic mass is 35.5. The molecule has 2 aromatic carbocycles. The summed E-state index contributed by atoms with van der Waals surface area (Å²) in [7, 11) is -3.76. The number of carbonyl (C=O) groups is 1. The molecule has 0 saturated heterocycles. The summed E-state index contributed by atoms with van der Waals surface area (Å²) in [6.45, 7) is 4.35. The van der Waals surface area contributed by atoms with Gasteiger partial charge in [-0.2, -0.15) is 0 Å². The van der Waals surface area contributed by atoms with Crippen molar-refractivity contribution in [1.82, 2.24) is 5.32 Å². The molecule has 1 unspecified atom stereocenters. The van der Waals surface area contributed by atoms with Crippen molar-refractivity contribution in [3.05, 3.63) is 60.2 Å². The summed E-state index contributed by atoms with van der Waals surface area (Å²) < 4.78 is 27.5. The molecule has 0 spiro atoms. The molecule has 2 rings (SSSR count). The molecule has 3 N–H and O–H groups in total. The number of rotatable bonds is 9. The number of halogens is 1. The molecule has 0 bridgehead atoms. The minimum Gasteiger partial charge on any atom is -0.356 e. The number of sulfonamides is 1. The first kappa shape index (κ1) is 23.9. The van der Waals surface area contributed by atoms with Crippen LogP contribution in [-0.4, -0.2) is 33.5 Å². The van der Waals surface area contributed by atoms with Crippen molar-refractivity contribution >= 4 is 34.0 Å². The normalized spacial score (nSPS) is 12.0. The number of amides is 1. The van der Waals surface area contributed by atoms with E-state index in [1.54, 1.807) is 42.5 Å². The Balaban J connectivity index is 0.00000392. The zero-order valence-electron chi connectivity index (χ0n) is 16.2. The zero-order valence-corrected chi connectivity index (χ0v) is 17.8.